The van der Waals surface area contributed by atoms with Crippen molar-refractivity contribution in [3.63, 3.8) is 0 Å². The molecular formula is C18H15ClN4S3. The Hall–Kier alpha value is -1.67. The molecule has 0 aliphatic carbocycles. The van der Waals surface area contributed by atoms with Gasteiger partial charge in [0, 0.05) is 29.6 Å². The zero-order valence-electron chi connectivity index (χ0n) is 13.9. The van der Waals surface area contributed by atoms with Gasteiger partial charge in [-0.2, -0.15) is 0 Å². The molecule has 0 saturated heterocycles. The van der Waals surface area contributed by atoms with Gasteiger partial charge in [-0.15, -0.1) is 32.9 Å². The Kier molecular flexibility index (Phi) is 5.40. The molecule has 0 aliphatic heterocycles. The molecule has 0 amide bonds. The third-order valence-corrected chi connectivity index (χ3v) is 6.86. The fraction of sp³-hybridized carbons (Fsp3) is 0.167. The van der Waals surface area contributed by atoms with Crippen molar-refractivity contribution < 1.29 is 0 Å². The van der Waals surface area contributed by atoms with Gasteiger partial charge in [0.2, 0.25) is 0 Å². The van der Waals surface area contributed by atoms with E-state index < -0.39 is 0 Å². The van der Waals surface area contributed by atoms with Crippen LogP contribution in [0.15, 0.2) is 52.3 Å². The second kappa shape index (κ2) is 7.92. The highest BCUT2D eigenvalue weighted by Gasteiger charge is 2.13. The zero-order valence-corrected chi connectivity index (χ0v) is 17.1. The summed E-state index contributed by atoms with van der Waals surface area (Å²) in [4.78, 5) is 5.87. The highest BCUT2D eigenvalue weighted by Crippen LogP contribution is 2.28. The number of benzene rings is 1. The van der Waals surface area contributed by atoms with Crippen molar-refractivity contribution >= 4 is 46.0 Å². The van der Waals surface area contributed by atoms with Gasteiger partial charge < -0.3 is 4.57 Å². The molecule has 0 saturated carbocycles. The SMILES string of the molecule is Cn1c(SCc2csc(Cc3ccc(Cl)cc3)n2)nnc1-c1cccs1. The third-order valence-electron chi connectivity index (χ3n) is 3.79. The van der Waals surface area contributed by atoms with Gasteiger partial charge >= 0.3 is 0 Å². The summed E-state index contributed by atoms with van der Waals surface area (Å²) >= 11 is 11.0. The van der Waals surface area contributed by atoms with Gasteiger partial charge in [-0.25, -0.2) is 4.98 Å². The molecule has 0 N–H and O–H groups in total. The van der Waals surface area contributed by atoms with Gasteiger partial charge in [-0.05, 0) is 29.1 Å². The molecule has 3 heterocycles. The number of thiazole rings is 1. The Morgan fingerprint density at radius 1 is 1.12 bits per heavy atom. The summed E-state index contributed by atoms with van der Waals surface area (Å²) in [5.74, 6) is 1.69. The smallest absolute Gasteiger partial charge is 0.191 e. The van der Waals surface area contributed by atoms with E-state index in [1.165, 1.54) is 5.56 Å². The molecule has 0 bridgehead atoms. The fourth-order valence-electron chi connectivity index (χ4n) is 2.47. The summed E-state index contributed by atoms with van der Waals surface area (Å²) in [6.45, 7) is 0. The van der Waals surface area contributed by atoms with Crippen LogP contribution in [-0.2, 0) is 19.2 Å². The minimum atomic E-state index is 0.760. The van der Waals surface area contributed by atoms with E-state index in [1.807, 2.05) is 47.3 Å². The van der Waals surface area contributed by atoms with Gasteiger partial charge in [0.05, 0.1) is 15.6 Å². The van der Waals surface area contributed by atoms with Crippen LogP contribution in [0.2, 0.25) is 5.02 Å². The van der Waals surface area contributed by atoms with Gasteiger partial charge in [-0.3, -0.25) is 0 Å². The third kappa shape index (κ3) is 4.01. The summed E-state index contributed by atoms with van der Waals surface area (Å²) in [5.41, 5.74) is 2.29. The standard InChI is InChI=1S/C18H15ClN4S3/c1-23-17(15-3-2-8-24-15)21-22-18(23)26-11-14-10-25-16(20-14)9-12-4-6-13(19)7-5-12/h2-8,10H,9,11H2,1H3. The van der Waals surface area contributed by atoms with Crippen LogP contribution in [0.25, 0.3) is 10.7 Å². The minimum Gasteiger partial charge on any atom is -0.304 e. The maximum absolute atomic E-state index is 5.94. The number of rotatable bonds is 6. The monoisotopic (exact) mass is 418 g/mol. The molecule has 26 heavy (non-hydrogen) atoms. The number of thiophene rings is 1. The Bertz CT molecular complexity index is 990. The molecule has 0 fully saturated rings. The molecule has 4 rings (SSSR count). The second-order valence-corrected chi connectivity index (χ2v) is 8.94. The van der Waals surface area contributed by atoms with E-state index >= 15 is 0 Å². The van der Waals surface area contributed by atoms with Crippen LogP contribution in [-0.4, -0.2) is 19.7 Å². The number of halogens is 1. The summed E-state index contributed by atoms with van der Waals surface area (Å²) in [6.07, 6.45) is 0.832. The topological polar surface area (TPSA) is 43.6 Å². The van der Waals surface area contributed by atoms with Gasteiger partial charge in [0.1, 0.15) is 0 Å². The molecule has 0 aliphatic rings. The summed E-state index contributed by atoms with van der Waals surface area (Å²) in [6, 6.07) is 12.0. The van der Waals surface area contributed by atoms with E-state index in [-0.39, 0.29) is 0 Å². The lowest BCUT2D eigenvalue weighted by molar-refractivity contribution is 0.794. The largest absolute Gasteiger partial charge is 0.304 e. The Labute approximate surface area is 168 Å². The van der Waals surface area contributed by atoms with E-state index in [9.17, 15) is 0 Å². The molecule has 0 radical (unpaired) electrons. The first kappa shape index (κ1) is 17.7. The molecule has 8 heteroatoms. The van der Waals surface area contributed by atoms with Gasteiger partial charge in [0.25, 0.3) is 0 Å². The second-order valence-electron chi connectivity index (χ2n) is 5.67. The summed E-state index contributed by atoms with van der Waals surface area (Å²) in [5, 5.41) is 15.6. The van der Waals surface area contributed by atoms with E-state index in [4.69, 9.17) is 16.6 Å². The van der Waals surface area contributed by atoms with Crippen molar-refractivity contribution in [1.29, 1.82) is 0 Å². The first-order chi connectivity index (χ1) is 12.7. The maximum atomic E-state index is 5.94. The molecule has 3 aromatic heterocycles. The van der Waals surface area contributed by atoms with E-state index in [1.54, 1.807) is 34.4 Å². The van der Waals surface area contributed by atoms with Crippen molar-refractivity contribution in [1.82, 2.24) is 19.7 Å². The molecular weight excluding hydrogens is 404 g/mol. The van der Waals surface area contributed by atoms with E-state index in [2.05, 4.69) is 21.6 Å². The van der Waals surface area contributed by atoms with Crippen LogP contribution >= 0.6 is 46.0 Å². The lowest BCUT2D eigenvalue weighted by Crippen LogP contribution is -1.94. The molecule has 1 aromatic carbocycles. The molecule has 0 atom stereocenters. The first-order valence-corrected chi connectivity index (χ1v) is 11.0. The Morgan fingerprint density at radius 2 is 1.96 bits per heavy atom. The highest BCUT2D eigenvalue weighted by molar-refractivity contribution is 7.98. The van der Waals surface area contributed by atoms with Crippen molar-refractivity contribution in [2.75, 3.05) is 0 Å². The average molecular weight is 419 g/mol. The lowest BCUT2D eigenvalue weighted by Gasteiger charge is -2.01. The first-order valence-electron chi connectivity index (χ1n) is 7.93. The quantitative estimate of drug-likeness (QED) is 0.386. The number of nitrogens with zero attached hydrogens (tertiary/aromatic N) is 4. The van der Waals surface area contributed by atoms with Crippen LogP contribution in [0.4, 0.5) is 0 Å². The van der Waals surface area contributed by atoms with Crippen LogP contribution in [0.3, 0.4) is 0 Å². The van der Waals surface area contributed by atoms with Crippen LogP contribution < -0.4 is 0 Å². The zero-order chi connectivity index (χ0) is 17.9. The molecule has 4 nitrogen and oxygen atoms in total. The molecule has 4 aromatic rings. The number of aromatic nitrogens is 4. The molecule has 0 spiro atoms. The predicted molar refractivity (Wildman–Crippen MR) is 110 cm³/mol. The number of hydrogen-bond donors (Lipinski definition) is 0. The molecule has 0 unspecified atom stereocenters. The van der Waals surface area contributed by atoms with E-state index in [0.717, 1.165) is 43.8 Å². The van der Waals surface area contributed by atoms with Gasteiger partial charge in [0.15, 0.2) is 11.0 Å². The number of hydrogen-bond acceptors (Lipinski definition) is 6. The lowest BCUT2D eigenvalue weighted by atomic mass is 10.2. The molecule has 132 valence electrons. The average Bonchev–Trinajstić information content (AvgIpc) is 3.37. The summed E-state index contributed by atoms with van der Waals surface area (Å²) in [7, 11) is 2.00. The highest BCUT2D eigenvalue weighted by atomic mass is 35.5. The van der Waals surface area contributed by atoms with Crippen LogP contribution in [0, 0.1) is 0 Å². The van der Waals surface area contributed by atoms with Crippen LogP contribution in [0.1, 0.15) is 16.3 Å². The van der Waals surface area contributed by atoms with Crippen molar-refractivity contribution in [3.8, 4) is 10.7 Å². The van der Waals surface area contributed by atoms with Crippen molar-refractivity contribution in [2.45, 2.75) is 17.3 Å². The van der Waals surface area contributed by atoms with Crippen molar-refractivity contribution in [3.05, 3.63) is 68.4 Å². The summed E-state index contributed by atoms with van der Waals surface area (Å²) < 4.78 is 2.04. The predicted octanol–water partition coefficient (Wildman–Crippen LogP) is 5.54. The van der Waals surface area contributed by atoms with Crippen molar-refractivity contribution in [2.24, 2.45) is 7.05 Å². The maximum Gasteiger partial charge on any atom is 0.191 e. The van der Waals surface area contributed by atoms with E-state index in [0.29, 0.717) is 0 Å². The number of thioether (sulfide) groups is 1. The normalized spacial score (nSPS) is 11.2. The minimum absolute atomic E-state index is 0.760. The fourth-order valence-corrected chi connectivity index (χ4v) is 5.08. The van der Waals surface area contributed by atoms with Gasteiger partial charge in [-0.1, -0.05) is 41.6 Å². The Balaban J connectivity index is 1.40. The Morgan fingerprint density at radius 3 is 2.73 bits per heavy atom. The van der Waals surface area contributed by atoms with Crippen LogP contribution in [0.5, 0.6) is 0 Å².